The van der Waals surface area contributed by atoms with Crippen molar-refractivity contribution in [2.24, 2.45) is 11.7 Å². The number of aliphatic hydroxyl groups is 1. The van der Waals surface area contributed by atoms with Crippen LogP contribution in [0.15, 0.2) is 42.5 Å². The summed E-state index contributed by atoms with van der Waals surface area (Å²) in [7, 11) is 0. The molecule has 5 atom stereocenters. The SMILES string of the molecule is CC(O)c1cc(C(F)(F)F)cc(C(F)(F)F)c1.C[C@@]1(N)CC(C2CCCC2c2ccc(F)cc2)NC1=O. The standard InChI is InChI=1S/C16H21FN2O.C10H8F6O/c1-16(18)9-14(19-15(16)20)13-4-2-3-12(13)10-5-7-11(17)8-6-10;1-5(17)6-2-7(9(11,12)13)4-8(3-6)10(14,15)16/h5-8,12-14H,2-4,9,18H2,1H3,(H,19,20);2-5,17H,1H3/t12?,13?,14?,16-;/m1./s1. The van der Waals surface area contributed by atoms with Crippen LogP contribution in [-0.4, -0.2) is 22.6 Å². The number of alkyl halides is 6. The summed E-state index contributed by atoms with van der Waals surface area (Å²) in [4.78, 5) is 11.9. The van der Waals surface area contributed by atoms with Crippen LogP contribution in [0.25, 0.3) is 0 Å². The molecular weight excluding hydrogens is 505 g/mol. The predicted molar refractivity (Wildman–Crippen MR) is 123 cm³/mol. The summed E-state index contributed by atoms with van der Waals surface area (Å²) in [6, 6.07) is 7.95. The van der Waals surface area contributed by atoms with Gasteiger partial charge in [0.05, 0.1) is 22.8 Å². The van der Waals surface area contributed by atoms with Crippen molar-refractivity contribution in [1.82, 2.24) is 5.32 Å². The van der Waals surface area contributed by atoms with E-state index in [0.717, 1.165) is 26.2 Å². The molecule has 204 valence electrons. The van der Waals surface area contributed by atoms with Gasteiger partial charge in [-0.15, -0.1) is 0 Å². The minimum Gasteiger partial charge on any atom is -0.389 e. The van der Waals surface area contributed by atoms with Gasteiger partial charge < -0.3 is 16.2 Å². The molecule has 0 aromatic heterocycles. The molecule has 37 heavy (non-hydrogen) atoms. The molecule has 11 heteroatoms. The van der Waals surface area contributed by atoms with Gasteiger partial charge in [-0.2, -0.15) is 26.3 Å². The molecular formula is C26H29F7N2O2. The molecule has 1 amide bonds. The van der Waals surface area contributed by atoms with E-state index in [-0.39, 0.29) is 23.8 Å². The van der Waals surface area contributed by atoms with Crippen LogP contribution in [0.4, 0.5) is 30.7 Å². The number of aliphatic hydroxyl groups excluding tert-OH is 1. The van der Waals surface area contributed by atoms with Gasteiger partial charge in [0.25, 0.3) is 0 Å². The molecule has 2 aliphatic rings. The summed E-state index contributed by atoms with van der Waals surface area (Å²) in [5.41, 5.74) is 3.17. The highest BCUT2D eigenvalue weighted by Gasteiger charge is 2.46. The van der Waals surface area contributed by atoms with Gasteiger partial charge in [-0.25, -0.2) is 4.39 Å². The highest BCUT2D eigenvalue weighted by Crippen LogP contribution is 2.44. The van der Waals surface area contributed by atoms with Gasteiger partial charge >= 0.3 is 12.4 Å². The van der Waals surface area contributed by atoms with Crippen LogP contribution in [0, 0.1) is 11.7 Å². The lowest BCUT2D eigenvalue weighted by Crippen LogP contribution is -2.43. The number of halogens is 7. The van der Waals surface area contributed by atoms with Crippen molar-refractivity contribution < 1.29 is 40.6 Å². The summed E-state index contributed by atoms with van der Waals surface area (Å²) >= 11 is 0. The first-order valence-electron chi connectivity index (χ1n) is 11.8. The highest BCUT2D eigenvalue weighted by molar-refractivity contribution is 5.88. The number of nitrogens with one attached hydrogen (secondary N) is 1. The largest absolute Gasteiger partial charge is 0.416 e. The van der Waals surface area contributed by atoms with Crippen LogP contribution in [0.5, 0.6) is 0 Å². The second-order valence-corrected chi connectivity index (χ2v) is 9.97. The maximum absolute atomic E-state index is 13.1. The Morgan fingerprint density at radius 2 is 1.54 bits per heavy atom. The third kappa shape index (κ3) is 7.01. The fourth-order valence-corrected chi connectivity index (χ4v) is 5.01. The second-order valence-electron chi connectivity index (χ2n) is 9.97. The Morgan fingerprint density at radius 3 is 1.97 bits per heavy atom. The Hall–Kier alpha value is -2.66. The first-order chi connectivity index (χ1) is 17.0. The molecule has 4 rings (SSSR count). The molecule has 0 spiro atoms. The van der Waals surface area contributed by atoms with E-state index in [0.29, 0.717) is 30.4 Å². The first kappa shape index (κ1) is 28.9. The summed E-state index contributed by atoms with van der Waals surface area (Å²) in [5, 5.41) is 12.1. The lowest BCUT2D eigenvalue weighted by Gasteiger charge is -2.26. The van der Waals surface area contributed by atoms with E-state index in [1.807, 2.05) is 12.1 Å². The molecule has 1 saturated carbocycles. The minimum atomic E-state index is -4.88. The van der Waals surface area contributed by atoms with E-state index in [2.05, 4.69) is 5.32 Å². The molecule has 1 heterocycles. The normalized spacial score (nSPS) is 26.9. The number of hydrogen-bond acceptors (Lipinski definition) is 3. The Bertz CT molecular complexity index is 1060. The van der Waals surface area contributed by atoms with Gasteiger partial charge in [-0.05, 0) is 86.4 Å². The number of amides is 1. The van der Waals surface area contributed by atoms with E-state index >= 15 is 0 Å². The molecule has 4 nitrogen and oxygen atoms in total. The molecule has 0 bridgehead atoms. The van der Waals surface area contributed by atoms with Crippen LogP contribution in [0.1, 0.15) is 73.8 Å². The maximum Gasteiger partial charge on any atom is 0.416 e. The average Bonchev–Trinajstić information content (AvgIpc) is 3.37. The Labute approximate surface area is 210 Å². The van der Waals surface area contributed by atoms with E-state index < -0.39 is 40.7 Å². The van der Waals surface area contributed by atoms with E-state index in [9.17, 15) is 35.5 Å². The molecule has 1 aliphatic heterocycles. The van der Waals surface area contributed by atoms with Crippen LogP contribution in [-0.2, 0) is 17.1 Å². The Kier molecular flexibility index (Phi) is 8.28. The van der Waals surface area contributed by atoms with Crippen molar-refractivity contribution in [3.8, 4) is 0 Å². The van der Waals surface area contributed by atoms with Crippen LogP contribution < -0.4 is 11.1 Å². The predicted octanol–water partition coefficient (Wildman–Crippen LogP) is 6.09. The van der Waals surface area contributed by atoms with Crippen molar-refractivity contribution >= 4 is 5.91 Å². The Morgan fingerprint density at radius 1 is 1.00 bits per heavy atom. The van der Waals surface area contributed by atoms with E-state index in [1.54, 1.807) is 6.92 Å². The fraction of sp³-hybridized carbons (Fsp3) is 0.500. The monoisotopic (exact) mass is 534 g/mol. The quantitative estimate of drug-likeness (QED) is 0.417. The van der Waals surface area contributed by atoms with E-state index in [4.69, 9.17) is 10.8 Å². The van der Waals surface area contributed by atoms with Gasteiger partial charge in [0.15, 0.2) is 0 Å². The number of rotatable bonds is 3. The number of nitrogens with two attached hydrogens (primary N) is 1. The maximum atomic E-state index is 13.1. The van der Waals surface area contributed by atoms with Crippen molar-refractivity contribution in [3.63, 3.8) is 0 Å². The molecule has 1 saturated heterocycles. The number of carbonyl (C=O) groups excluding carboxylic acids is 1. The van der Waals surface area contributed by atoms with Crippen molar-refractivity contribution in [3.05, 3.63) is 70.5 Å². The second kappa shape index (κ2) is 10.6. The Balaban J connectivity index is 0.000000209. The zero-order chi connectivity index (χ0) is 27.8. The van der Waals surface area contributed by atoms with Gasteiger partial charge in [0, 0.05) is 6.04 Å². The number of benzene rings is 2. The lowest BCUT2D eigenvalue weighted by atomic mass is 9.81. The third-order valence-corrected chi connectivity index (χ3v) is 6.96. The molecule has 0 radical (unpaired) electrons. The van der Waals surface area contributed by atoms with E-state index in [1.165, 1.54) is 17.7 Å². The van der Waals surface area contributed by atoms with Gasteiger partial charge in [0.2, 0.25) is 5.91 Å². The summed E-state index contributed by atoms with van der Waals surface area (Å²) in [5.74, 6) is 0.559. The van der Waals surface area contributed by atoms with Gasteiger partial charge in [-0.3, -0.25) is 4.79 Å². The number of hydrogen-bond donors (Lipinski definition) is 3. The van der Waals surface area contributed by atoms with Gasteiger partial charge in [-0.1, -0.05) is 18.6 Å². The molecule has 4 unspecified atom stereocenters. The van der Waals surface area contributed by atoms with Crippen LogP contribution in [0.3, 0.4) is 0 Å². The smallest absolute Gasteiger partial charge is 0.389 e. The highest BCUT2D eigenvalue weighted by atomic mass is 19.4. The number of carbonyl (C=O) groups is 1. The summed E-state index contributed by atoms with van der Waals surface area (Å²) in [6.45, 7) is 2.89. The summed E-state index contributed by atoms with van der Waals surface area (Å²) < 4.78 is 87.2. The van der Waals surface area contributed by atoms with Gasteiger partial charge in [0.1, 0.15) is 5.82 Å². The molecule has 4 N–H and O–H groups in total. The topological polar surface area (TPSA) is 75.3 Å². The van der Waals surface area contributed by atoms with Crippen LogP contribution >= 0.6 is 0 Å². The fourth-order valence-electron chi connectivity index (χ4n) is 5.01. The zero-order valence-electron chi connectivity index (χ0n) is 20.3. The minimum absolute atomic E-state index is 0.0197. The van der Waals surface area contributed by atoms with Crippen LogP contribution in [0.2, 0.25) is 0 Å². The van der Waals surface area contributed by atoms with Crippen molar-refractivity contribution in [2.75, 3.05) is 0 Å². The summed E-state index contributed by atoms with van der Waals surface area (Å²) in [6.07, 6.45) is -7.13. The average molecular weight is 535 g/mol. The van der Waals surface area contributed by atoms with Crippen molar-refractivity contribution in [2.45, 2.75) is 75.5 Å². The molecule has 2 aromatic rings. The lowest BCUT2D eigenvalue weighted by molar-refractivity contribution is -0.143. The molecule has 1 aliphatic carbocycles. The third-order valence-electron chi connectivity index (χ3n) is 6.96. The first-order valence-corrected chi connectivity index (χ1v) is 11.8. The molecule has 2 aromatic carbocycles. The molecule has 2 fully saturated rings. The van der Waals surface area contributed by atoms with Crippen molar-refractivity contribution in [1.29, 1.82) is 0 Å². The zero-order valence-corrected chi connectivity index (χ0v) is 20.3.